The second-order valence-corrected chi connectivity index (χ2v) is 8.52. The van der Waals surface area contributed by atoms with Crippen LogP contribution in [-0.4, -0.2) is 40.3 Å². The van der Waals surface area contributed by atoms with E-state index in [0.717, 1.165) is 44.9 Å². The van der Waals surface area contributed by atoms with Gasteiger partial charge in [0, 0.05) is 26.2 Å². The minimum atomic E-state index is 0.0120. The molecule has 1 amide bonds. The van der Waals surface area contributed by atoms with Crippen molar-refractivity contribution in [2.24, 2.45) is 5.92 Å². The number of rotatable bonds is 7. The Morgan fingerprint density at radius 3 is 2.71 bits per heavy atom. The number of carbonyl (C=O) groups excluding carboxylic acids is 1. The lowest BCUT2D eigenvalue weighted by Gasteiger charge is -2.25. The molecule has 5 heteroatoms. The fourth-order valence-electron chi connectivity index (χ4n) is 3.99. The van der Waals surface area contributed by atoms with Crippen molar-refractivity contribution in [2.75, 3.05) is 19.6 Å². The van der Waals surface area contributed by atoms with Crippen molar-refractivity contribution in [3.63, 3.8) is 0 Å². The number of nitrogens with zero attached hydrogens (tertiary/aromatic N) is 3. The Bertz CT molecular complexity index is 819. The van der Waals surface area contributed by atoms with E-state index in [1.165, 1.54) is 36.0 Å². The number of hydrogen-bond donors (Lipinski definition) is 0. The number of hydrogen-bond acceptors (Lipinski definition) is 4. The van der Waals surface area contributed by atoms with E-state index in [9.17, 15) is 4.79 Å². The Hall–Kier alpha value is -2.14. The van der Waals surface area contributed by atoms with Crippen LogP contribution in [0.1, 0.15) is 65.2 Å². The van der Waals surface area contributed by atoms with Crippen LogP contribution in [0.4, 0.5) is 0 Å². The van der Waals surface area contributed by atoms with E-state index in [-0.39, 0.29) is 5.91 Å². The second-order valence-electron chi connectivity index (χ2n) is 8.52. The van der Waals surface area contributed by atoms with Crippen molar-refractivity contribution in [3.05, 3.63) is 52.7 Å². The van der Waals surface area contributed by atoms with Gasteiger partial charge in [-0.25, -0.2) is 4.98 Å². The van der Waals surface area contributed by atoms with Gasteiger partial charge in [-0.2, -0.15) is 0 Å². The van der Waals surface area contributed by atoms with Crippen molar-refractivity contribution in [3.8, 4) is 0 Å². The topological polar surface area (TPSA) is 49.6 Å². The number of piperidine rings is 1. The Morgan fingerprint density at radius 2 is 1.96 bits per heavy atom. The fraction of sp³-hybridized carbons (Fsp3) is 0.565. The third-order valence-electron chi connectivity index (χ3n) is 5.88. The maximum absolute atomic E-state index is 12.6. The molecule has 2 fully saturated rings. The van der Waals surface area contributed by atoms with Crippen LogP contribution in [0.3, 0.4) is 0 Å². The Kier molecular flexibility index (Phi) is 5.81. The van der Waals surface area contributed by atoms with Gasteiger partial charge in [0.25, 0.3) is 5.91 Å². The summed E-state index contributed by atoms with van der Waals surface area (Å²) >= 11 is 0. The molecule has 0 radical (unpaired) electrons. The summed E-state index contributed by atoms with van der Waals surface area (Å²) in [5.41, 5.74) is 4.42. The molecule has 1 aromatic heterocycles. The van der Waals surface area contributed by atoms with Crippen molar-refractivity contribution < 1.29 is 9.21 Å². The highest BCUT2D eigenvalue weighted by molar-refractivity contribution is 5.92. The first kappa shape index (κ1) is 19.2. The predicted molar refractivity (Wildman–Crippen MR) is 109 cm³/mol. The monoisotopic (exact) mass is 381 g/mol. The second kappa shape index (κ2) is 8.48. The highest BCUT2D eigenvalue weighted by Gasteiger charge is 2.26. The van der Waals surface area contributed by atoms with E-state index in [1.54, 1.807) is 6.26 Å². The molecule has 4 rings (SSSR count). The number of oxazole rings is 1. The van der Waals surface area contributed by atoms with Crippen LogP contribution in [0, 0.1) is 19.8 Å². The SMILES string of the molecule is Cc1ccc(C)c(CN(Cc2nc(C(=O)N3CCCCC3)co2)CC2CC2)c1. The molecule has 1 saturated heterocycles. The summed E-state index contributed by atoms with van der Waals surface area (Å²) in [5.74, 6) is 1.44. The zero-order chi connectivity index (χ0) is 19.5. The number of likely N-dealkylation sites (tertiary alicyclic amines) is 1. The average Bonchev–Trinajstić information content (AvgIpc) is 3.39. The average molecular weight is 382 g/mol. The molecule has 1 saturated carbocycles. The largest absolute Gasteiger partial charge is 0.447 e. The molecule has 0 spiro atoms. The molecule has 1 aliphatic heterocycles. The number of benzene rings is 1. The Labute approximate surface area is 167 Å². The molecule has 28 heavy (non-hydrogen) atoms. The van der Waals surface area contributed by atoms with E-state index in [0.29, 0.717) is 18.1 Å². The van der Waals surface area contributed by atoms with Gasteiger partial charge in [0.15, 0.2) is 5.69 Å². The van der Waals surface area contributed by atoms with Gasteiger partial charge in [-0.15, -0.1) is 0 Å². The third kappa shape index (κ3) is 4.82. The summed E-state index contributed by atoms with van der Waals surface area (Å²) in [6, 6.07) is 6.63. The van der Waals surface area contributed by atoms with Gasteiger partial charge in [-0.05, 0) is 63.0 Å². The molecular formula is C23H31N3O2. The lowest BCUT2D eigenvalue weighted by Crippen LogP contribution is -2.35. The van der Waals surface area contributed by atoms with Gasteiger partial charge >= 0.3 is 0 Å². The number of carbonyl (C=O) groups is 1. The fourth-order valence-corrected chi connectivity index (χ4v) is 3.99. The molecule has 2 heterocycles. The van der Waals surface area contributed by atoms with E-state index in [4.69, 9.17) is 4.42 Å². The third-order valence-corrected chi connectivity index (χ3v) is 5.88. The van der Waals surface area contributed by atoms with Crippen LogP contribution in [0.25, 0.3) is 0 Å². The first-order valence-electron chi connectivity index (χ1n) is 10.6. The van der Waals surface area contributed by atoms with Gasteiger partial charge in [-0.1, -0.05) is 23.8 Å². The maximum Gasteiger partial charge on any atom is 0.275 e. The van der Waals surface area contributed by atoms with E-state index >= 15 is 0 Å². The highest BCUT2D eigenvalue weighted by Crippen LogP contribution is 2.31. The zero-order valence-electron chi connectivity index (χ0n) is 17.1. The standard InChI is InChI=1S/C23H31N3O2/c1-17-6-7-18(2)20(12-17)14-25(13-19-8-9-19)15-22-24-21(16-28-22)23(27)26-10-4-3-5-11-26/h6-7,12,16,19H,3-5,8-11,13-15H2,1-2H3. The molecule has 2 aromatic rings. The quantitative estimate of drug-likeness (QED) is 0.716. The zero-order valence-corrected chi connectivity index (χ0v) is 17.1. The summed E-state index contributed by atoms with van der Waals surface area (Å²) < 4.78 is 5.70. The normalized spacial score (nSPS) is 17.3. The minimum absolute atomic E-state index is 0.0120. The number of amides is 1. The van der Waals surface area contributed by atoms with Gasteiger partial charge in [0.1, 0.15) is 6.26 Å². The van der Waals surface area contributed by atoms with Crippen LogP contribution < -0.4 is 0 Å². The summed E-state index contributed by atoms with van der Waals surface area (Å²) in [5, 5.41) is 0. The van der Waals surface area contributed by atoms with E-state index in [1.807, 2.05) is 4.90 Å². The van der Waals surface area contributed by atoms with Gasteiger partial charge < -0.3 is 9.32 Å². The summed E-state index contributed by atoms with van der Waals surface area (Å²) in [7, 11) is 0. The molecule has 0 bridgehead atoms. The van der Waals surface area contributed by atoms with Gasteiger partial charge in [0.2, 0.25) is 5.89 Å². The van der Waals surface area contributed by atoms with Crippen molar-refractivity contribution in [1.82, 2.24) is 14.8 Å². The van der Waals surface area contributed by atoms with Crippen molar-refractivity contribution >= 4 is 5.91 Å². The lowest BCUT2D eigenvalue weighted by molar-refractivity contribution is 0.0718. The van der Waals surface area contributed by atoms with Crippen LogP contribution in [0.5, 0.6) is 0 Å². The van der Waals surface area contributed by atoms with Crippen LogP contribution in [-0.2, 0) is 13.1 Å². The molecule has 1 aromatic carbocycles. The molecule has 2 aliphatic rings. The summed E-state index contributed by atoms with van der Waals surface area (Å²) in [6.45, 7) is 8.58. The minimum Gasteiger partial charge on any atom is -0.447 e. The van der Waals surface area contributed by atoms with E-state index in [2.05, 4.69) is 41.9 Å². The van der Waals surface area contributed by atoms with Crippen LogP contribution in [0.2, 0.25) is 0 Å². The molecule has 5 nitrogen and oxygen atoms in total. The predicted octanol–water partition coefficient (Wildman–Crippen LogP) is 4.33. The summed E-state index contributed by atoms with van der Waals surface area (Å²) in [6.07, 6.45) is 7.55. The van der Waals surface area contributed by atoms with Gasteiger partial charge in [-0.3, -0.25) is 9.69 Å². The summed E-state index contributed by atoms with van der Waals surface area (Å²) in [4.78, 5) is 21.5. The number of aryl methyl sites for hydroxylation is 2. The van der Waals surface area contributed by atoms with Crippen LogP contribution in [0.15, 0.2) is 28.9 Å². The van der Waals surface area contributed by atoms with E-state index < -0.39 is 0 Å². The van der Waals surface area contributed by atoms with Crippen LogP contribution >= 0.6 is 0 Å². The lowest BCUT2D eigenvalue weighted by atomic mass is 10.1. The first-order valence-corrected chi connectivity index (χ1v) is 10.6. The molecular weight excluding hydrogens is 350 g/mol. The molecule has 1 aliphatic carbocycles. The molecule has 0 unspecified atom stereocenters. The molecule has 0 atom stereocenters. The molecule has 150 valence electrons. The van der Waals surface area contributed by atoms with Gasteiger partial charge in [0.05, 0.1) is 6.54 Å². The molecule has 0 N–H and O–H groups in total. The first-order chi connectivity index (χ1) is 13.6. The van der Waals surface area contributed by atoms with Crippen molar-refractivity contribution in [2.45, 2.75) is 59.0 Å². The Morgan fingerprint density at radius 1 is 1.18 bits per heavy atom. The Balaban J connectivity index is 1.44. The number of aromatic nitrogens is 1. The maximum atomic E-state index is 12.6. The van der Waals surface area contributed by atoms with Crippen molar-refractivity contribution in [1.29, 1.82) is 0 Å². The highest BCUT2D eigenvalue weighted by atomic mass is 16.3. The smallest absolute Gasteiger partial charge is 0.275 e.